The Hall–Kier alpha value is -1.43. The van der Waals surface area contributed by atoms with Crippen LogP contribution in [0.4, 0.5) is 0 Å². The van der Waals surface area contributed by atoms with Crippen LogP contribution in [0.3, 0.4) is 0 Å². The highest BCUT2D eigenvalue weighted by Gasteiger charge is 2.38. The molecule has 3 rings (SSSR count). The van der Waals surface area contributed by atoms with Crippen molar-refractivity contribution in [2.24, 2.45) is 0 Å². The first-order valence-corrected chi connectivity index (χ1v) is 9.04. The summed E-state index contributed by atoms with van der Waals surface area (Å²) >= 11 is 0. The van der Waals surface area contributed by atoms with E-state index < -0.39 is 15.3 Å². The Labute approximate surface area is 131 Å². The molecule has 0 amide bonds. The molecule has 2 aromatic rings. The van der Waals surface area contributed by atoms with Crippen molar-refractivity contribution in [3.8, 4) is 0 Å². The van der Waals surface area contributed by atoms with Gasteiger partial charge in [-0.1, -0.05) is 42.5 Å². The largest absolute Gasteiger partial charge is 0.377 e. The standard InChI is InChI=1S/C17H21NO3S/c1-13-17(10-11-21-13)22(19,20)18(2)12-15-8-5-7-14-6-3-4-9-16(14)15/h3-9,13,17H,10-12H2,1-2H3/t13-,17+/m0/s1. The highest BCUT2D eigenvalue weighted by molar-refractivity contribution is 7.89. The average molecular weight is 319 g/mol. The van der Waals surface area contributed by atoms with Gasteiger partial charge in [0.2, 0.25) is 10.0 Å². The number of sulfonamides is 1. The number of rotatable bonds is 4. The van der Waals surface area contributed by atoms with Gasteiger partial charge in [-0.25, -0.2) is 12.7 Å². The second-order valence-corrected chi connectivity index (χ2v) is 8.10. The highest BCUT2D eigenvalue weighted by Crippen LogP contribution is 2.26. The van der Waals surface area contributed by atoms with Crippen molar-refractivity contribution in [3.63, 3.8) is 0 Å². The van der Waals surface area contributed by atoms with E-state index in [4.69, 9.17) is 4.74 Å². The van der Waals surface area contributed by atoms with Gasteiger partial charge in [0.15, 0.2) is 0 Å². The molecule has 0 aliphatic carbocycles. The molecule has 1 heterocycles. The molecule has 0 saturated carbocycles. The van der Waals surface area contributed by atoms with Crippen LogP contribution in [0, 0.1) is 0 Å². The van der Waals surface area contributed by atoms with Crippen molar-refractivity contribution >= 4 is 20.8 Å². The summed E-state index contributed by atoms with van der Waals surface area (Å²) in [5.74, 6) is 0. The Morgan fingerprint density at radius 1 is 1.18 bits per heavy atom. The van der Waals surface area contributed by atoms with E-state index in [1.54, 1.807) is 7.05 Å². The lowest BCUT2D eigenvalue weighted by molar-refractivity contribution is 0.125. The Morgan fingerprint density at radius 2 is 1.91 bits per heavy atom. The number of nitrogens with zero attached hydrogens (tertiary/aromatic N) is 1. The zero-order valence-electron chi connectivity index (χ0n) is 12.9. The first kappa shape index (κ1) is 15.5. The summed E-state index contributed by atoms with van der Waals surface area (Å²) in [5.41, 5.74) is 1.02. The van der Waals surface area contributed by atoms with Gasteiger partial charge in [-0.15, -0.1) is 0 Å². The van der Waals surface area contributed by atoms with Crippen molar-refractivity contribution in [1.29, 1.82) is 0 Å². The summed E-state index contributed by atoms with van der Waals surface area (Å²) in [6.07, 6.45) is 0.337. The summed E-state index contributed by atoms with van der Waals surface area (Å²) in [6, 6.07) is 14.0. The van der Waals surface area contributed by atoms with Crippen LogP contribution in [0.5, 0.6) is 0 Å². The Bertz CT molecular complexity index is 767. The van der Waals surface area contributed by atoms with Gasteiger partial charge in [-0.3, -0.25) is 0 Å². The minimum Gasteiger partial charge on any atom is -0.377 e. The second-order valence-electron chi connectivity index (χ2n) is 5.84. The number of benzene rings is 2. The molecule has 118 valence electrons. The van der Waals surface area contributed by atoms with Crippen LogP contribution < -0.4 is 0 Å². The number of hydrogen-bond donors (Lipinski definition) is 0. The van der Waals surface area contributed by atoms with Gasteiger partial charge in [-0.05, 0) is 29.7 Å². The lowest BCUT2D eigenvalue weighted by Crippen LogP contribution is -2.39. The van der Waals surface area contributed by atoms with E-state index in [2.05, 4.69) is 0 Å². The molecule has 2 atom stereocenters. The molecule has 0 spiro atoms. The Morgan fingerprint density at radius 3 is 2.64 bits per heavy atom. The lowest BCUT2D eigenvalue weighted by Gasteiger charge is -2.23. The highest BCUT2D eigenvalue weighted by atomic mass is 32.2. The van der Waals surface area contributed by atoms with Crippen molar-refractivity contribution in [2.45, 2.75) is 31.2 Å². The van der Waals surface area contributed by atoms with Crippen LogP contribution >= 0.6 is 0 Å². The van der Waals surface area contributed by atoms with Crippen LogP contribution in [0.2, 0.25) is 0 Å². The van der Waals surface area contributed by atoms with Gasteiger partial charge in [-0.2, -0.15) is 0 Å². The first-order chi connectivity index (χ1) is 10.5. The van der Waals surface area contributed by atoms with E-state index in [1.807, 2.05) is 49.4 Å². The quantitative estimate of drug-likeness (QED) is 0.870. The van der Waals surface area contributed by atoms with Crippen LogP contribution in [-0.2, 0) is 21.3 Å². The van der Waals surface area contributed by atoms with Crippen LogP contribution in [0.25, 0.3) is 10.8 Å². The zero-order chi connectivity index (χ0) is 15.7. The predicted octanol–water partition coefficient (Wildman–Crippen LogP) is 2.78. The maximum atomic E-state index is 12.7. The van der Waals surface area contributed by atoms with Crippen molar-refractivity contribution in [1.82, 2.24) is 4.31 Å². The van der Waals surface area contributed by atoms with Crippen molar-refractivity contribution in [3.05, 3.63) is 48.0 Å². The third-order valence-electron chi connectivity index (χ3n) is 4.40. The Balaban J connectivity index is 1.88. The van der Waals surface area contributed by atoms with Crippen molar-refractivity contribution in [2.75, 3.05) is 13.7 Å². The lowest BCUT2D eigenvalue weighted by atomic mass is 10.0. The number of fused-ring (bicyclic) bond motifs is 1. The summed E-state index contributed by atoms with van der Waals surface area (Å²) in [6.45, 7) is 2.74. The molecule has 1 aliphatic rings. The van der Waals surface area contributed by atoms with Gasteiger partial charge >= 0.3 is 0 Å². The minimum atomic E-state index is -3.35. The number of hydrogen-bond acceptors (Lipinski definition) is 3. The SMILES string of the molecule is C[C@@H]1OCC[C@H]1S(=O)(=O)N(C)Cc1cccc2ccccc12. The van der Waals surface area contributed by atoms with E-state index in [0.29, 0.717) is 19.6 Å². The maximum Gasteiger partial charge on any atom is 0.219 e. The molecule has 1 aliphatic heterocycles. The summed E-state index contributed by atoms with van der Waals surface area (Å²) in [7, 11) is -1.69. The van der Waals surface area contributed by atoms with Gasteiger partial charge in [0.1, 0.15) is 5.25 Å². The fraction of sp³-hybridized carbons (Fsp3) is 0.412. The van der Waals surface area contributed by atoms with E-state index in [0.717, 1.165) is 16.3 Å². The average Bonchev–Trinajstić information content (AvgIpc) is 2.94. The predicted molar refractivity (Wildman–Crippen MR) is 88.2 cm³/mol. The van der Waals surface area contributed by atoms with Gasteiger partial charge in [0.05, 0.1) is 6.10 Å². The molecule has 4 nitrogen and oxygen atoms in total. The van der Waals surface area contributed by atoms with Gasteiger partial charge in [0.25, 0.3) is 0 Å². The molecule has 2 aromatic carbocycles. The molecule has 0 bridgehead atoms. The fourth-order valence-electron chi connectivity index (χ4n) is 3.09. The van der Waals surface area contributed by atoms with Crippen LogP contribution in [-0.4, -0.2) is 37.7 Å². The van der Waals surface area contributed by atoms with E-state index in [1.165, 1.54) is 4.31 Å². The third kappa shape index (κ3) is 2.76. The molecular weight excluding hydrogens is 298 g/mol. The molecule has 0 N–H and O–H groups in total. The van der Waals surface area contributed by atoms with E-state index in [-0.39, 0.29) is 6.10 Å². The van der Waals surface area contributed by atoms with E-state index >= 15 is 0 Å². The minimum absolute atomic E-state index is 0.236. The normalized spacial score (nSPS) is 22.5. The van der Waals surface area contributed by atoms with Crippen molar-refractivity contribution < 1.29 is 13.2 Å². The molecule has 1 fully saturated rings. The molecule has 5 heteroatoms. The summed E-state index contributed by atoms with van der Waals surface area (Å²) < 4.78 is 32.3. The molecule has 22 heavy (non-hydrogen) atoms. The molecule has 1 saturated heterocycles. The topological polar surface area (TPSA) is 46.6 Å². The Kier molecular flexibility index (Phi) is 4.21. The monoisotopic (exact) mass is 319 g/mol. The number of ether oxygens (including phenoxy) is 1. The first-order valence-electron chi connectivity index (χ1n) is 7.53. The molecule has 0 aromatic heterocycles. The smallest absolute Gasteiger partial charge is 0.219 e. The van der Waals surface area contributed by atoms with E-state index in [9.17, 15) is 8.42 Å². The third-order valence-corrected chi connectivity index (χ3v) is 6.78. The summed E-state index contributed by atoms with van der Waals surface area (Å²) in [4.78, 5) is 0. The molecule has 0 radical (unpaired) electrons. The van der Waals surface area contributed by atoms with Crippen LogP contribution in [0.15, 0.2) is 42.5 Å². The fourth-order valence-corrected chi connectivity index (χ4v) is 4.83. The summed E-state index contributed by atoms with van der Waals surface area (Å²) in [5, 5.41) is 1.79. The van der Waals surface area contributed by atoms with Gasteiger partial charge < -0.3 is 4.74 Å². The van der Waals surface area contributed by atoms with Gasteiger partial charge in [0, 0.05) is 20.2 Å². The second kappa shape index (κ2) is 5.99. The van der Waals surface area contributed by atoms with Crippen LogP contribution in [0.1, 0.15) is 18.9 Å². The zero-order valence-corrected chi connectivity index (χ0v) is 13.7. The molecular formula is C17H21NO3S. The maximum absolute atomic E-state index is 12.7. The molecule has 0 unspecified atom stereocenters.